The maximum atomic E-state index is 7.05. The monoisotopic (exact) mass is 484 g/mol. The molecular weight excluding hydrogens is 444 g/mol. The molecule has 0 saturated carbocycles. The quantitative estimate of drug-likeness (QED) is 0.181. The topological polar surface area (TPSA) is 18.5 Å². The minimum absolute atomic E-state index is 0.00565. The summed E-state index contributed by atoms with van der Waals surface area (Å²) >= 11 is 0. The summed E-state index contributed by atoms with van der Waals surface area (Å²) in [6.45, 7) is 12.1. The molecule has 3 aromatic carbocycles. The van der Waals surface area contributed by atoms with Gasteiger partial charge in [-0.15, -0.1) is 0 Å². The molecule has 0 spiro atoms. The molecule has 1 aliphatic rings. The first-order valence-corrected chi connectivity index (χ1v) is 14.9. The SMILES string of the molecule is C=C1C[C@@H](CCc2ccccc2)O[C@H]1CCCO[Si](c1ccccc1)(c1ccccc1)C(C)(C)C. The highest BCUT2D eigenvalue weighted by Gasteiger charge is 2.50. The molecule has 0 unspecified atom stereocenters. The van der Waals surface area contributed by atoms with Gasteiger partial charge in [0.2, 0.25) is 0 Å². The Bertz CT molecular complexity index is 1020. The molecule has 1 heterocycles. The second-order valence-corrected chi connectivity index (χ2v) is 15.1. The van der Waals surface area contributed by atoms with Crippen LogP contribution in [0.15, 0.2) is 103 Å². The molecule has 184 valence electrons. The lowest BCUT2D eigenvalue weighted by molar-refractivity contribution is 0.0405. The zero-order valence-corrected chi connectivity index (χ0v) is 22.6. The van der Waals surface area contributed by atoms with Crippen LogP contribution in [0.2, 0.25) is 5.04 Å². The van der Waals surface area contributed by atoms with Gasteiger partial charge in [0.1, 0.15) is 0 Å². The predicted molar refractivity (Wildman–Crippen MR) is 150 cm³/mol. The van der Waals surface area contributed by atoms with Crippen LogP contribution in [0.1, 0.15) is 52.0 Å². The van der Waals surface area contributed by atoms with Gasteiger partial charge >= 0.3 is 0 Å². The molecule has 0 aliphatic carbocycles. The van der Waals surface area contributed by atoms with Crippen molar-refractivity contribution in [3.63, 3.8) is 0 Å². The molecule has 0 bridgehead atoms. The van der Waals surface area contributed by atoms with Crippen LogP contribution < -0.4 is 10.4 Å². The van der Waals surface area contributed by atoms with E-state index in [0.29, 0.717) is 0 Å². The molecule has 0 aromatic heterocycles. The fraction of sp³-hybridized carbons (Fsp3) is 0.375. The maximum Gasteiger partial charge on any atom is 0.261 e. The lowest BCUT2D eigenvalue weighted by Crippen LogP contribution is -2.66. The van der Waals surface area contributed by atoms with Gasteiger partial charge in [-0.2, -0.15) is 0 Å². The Morgan fingerprint density at radius 3 is 1.91 bits per heavy atom. The molecule has 0 N–H and O–H groups in total. The van der Waals surface area contributed by atoms with Gasteiger partial charge in [0.15, 0.2) is 0 Å². The van der Waals surface area contributed by atoms with E-state index in [2.05, 4.69) is 118 Å². The van der Waals surface area contributed by atoms with Crippen molar-refractivity contribution in [1.29, 1.82) is 0 Å². The molecule has 3 aromatic rings. The van der Waals surface area contributed by atoms with Crippen LogP contribution >= 0.6 is 0 Å². The largest absolute Gasteiger partial charge is 0.407 e. The second kappa shape index (κ2) is 11.5. The van der Waals surface area contributed by atoms with Crippen LogP contribution in [0.5, 0.6) is 0 Å². The Labute approximate surface area is 213 Å². The van der Waals surface area contributed by atoms with Crippen molar-refractivity contribution in [3.8, 4) is 0 Å². The molecule has 3 heteroatoms. The summed E-state index contributed by atoms with van der Waals surface area (Å²) in [6, 6.07) is 32.4. The Morgan fingerprint density at radius 2 is 1.37 bits per heavy atom. The Balaban J connectivity index is 1.39. The van der Waals surface area contributed by atoms with Crippen molar-refractivity contribution in [2.45, 2.75) is 70.1 Å². The molecule has 0 amide bonds. The van der Waals surface area contributed by atoms with Crippen molar-refractivity contribution in [1.82, 2.24) is 0 Å². The van der Waals surface area contributed by atoms with Crippen molar-refractivity contribution in [3.05, 3.63) is 109 Å². The van der Waals surface area contributed by atoms with Gasteiger partial charge in [0, 0.05) is 6.61 Å². The molecular formula is C32H40O2Si. The molecule has 1 fully saturated rings. The van der Waals surface area contributed by atoms with Gasteiger partial charge < -0.3 is 9.16 Å². The van der Waals surface area contributed by atoms with E-state index in [9.17, 15) is 0 Å². The zero-order chi connectivity index (χ0) is 24.7. The molecule has 1 aliphatic heterocycles. The first-order valence-electron chi connectivity index (χ1n) is 13.0. The van der Waals surface area contributed by atoms with Crippen molar-refractivity contribution >= 4 is 18.7 Å². The standard InChI is InChI=1S/C32H40O2Si/c1-26-25-28(23-22-27-15-8-5-9-16-27)34-31(26)21-14-24-33-35(32(2,3)4,29-17-10-6-11-18-29)30-19-12-7-13-20-30/h5-13,15-20,28,31H,1,14,21-25H2,2-4H3/t28-,31+/m1/s1. The summed E-state index contributed by atoms with van der Waals surface area (Å²) in [5, 5.41) is 2.67. The lowest BCUT2D eigenvalue weighted by Gasteiger charge is -2.43. The maximum absolute atomic E-state index is 7.05. The van der Waals surface area contributed by atoms with Gasteiger partial charge in [-0.1, -0.05) is 118 Å². The number of hydrogen-bond acceptors (Lipinski definition) is 2. The van der Waals surface area contributed by atoms with Crippen LogP contribution in [-0.2, 0) is 15.6 Å². The van der Waals surface area contributed by atoms with E-state index in [0.717, 1.165) is 38.7 Å². The van der Waals surface area contributed by atoms with Gasteiger partial charge in [-0.05, 0) is 58.7 Å². The molecule has 4 rings (SSSR count). The van der Waals surface area contributed by atoms with E-state index in [4.69, 9.17) is 9.16 Å². The summed E-state index contributed by atoms with van der Waals surface area (Å²) in [7, 11) is -2.47. The van der Waals surface area contributed by atoms with Gasteiger partial charge in [0.05, 0.1) is 12.2 Å². The van der Waals surface area contributed by atoms with Crippen molar-refractivity contribution in [2.75, 3.05) is 6.61 Å². The first kappa shape index (κ1) is 25.6. The second-order valence-electron chi connectivity index (χ2n) is 10.8. The summed E-state index contributed by atoms with van der Waals surface area (Å²) in [4.78, 5) is 0. The van der Waals surface area contributed by atoms with Crippen molar-refractivity contribution < 1.29 is 9.16 Å². The normalized spacial score (nSPS) is 18.7. The predicted octanol–water partition coefficient (Wildman–Crippen LogP) is 6.69. The Morgan fingerprint density at radius 1 is 0.829 bits per heavy atom. The van der Waals surface area contributed by atoms with Crippen molar-refractivity contribution in [2.24, 2.45) is 0 Å². The molecule has 35 heavy (non-hydrogen) atoms. The number of aryl methyl sites for hydroxylation is 1. The third-order valence-electron chi connectivity index (χ3n) is 7.25. The average molecular weight is 485 g/mol. The van der Waals surface area contributed by atoms with E-state index in [1.165, 1.54) is 21.5 Å². The minimum atomic E-state index is -2.47. The highest BCUT2D eigenvalue weighted by atomic mass is 28.4. The Kier molecular flexibility index (Phi) is 8.43. The highest BCUT2D eigenvalue weighted by Crippen LogP contribution is 2.37. The van der Waals surface area contributed by atoms with Crippen LogP contribution in [0, 0.1) is 0 Å². The fourth-order valence-corrected chi connectivity index (χ4v) is 10.1. The lowest BCUT2D eigenvalue weighted by atomic mass is 10.0. The summed E-state index contributed by atoms with van der Waals surface area (Å²) < 4.78 is 13.5. The zero-order valence-electron chi connectivity index (χ0n) is 21.6. The average Bonchev–Trinajstić information content (AvgIpc) is 3.23. The molecule has 2 atom stereocenters. The molecule has 2 nitrogen and oxygen atoms in total. The van der Waals surface area contributed by atoms with E-state index >= 15 is 0 Å². The van der Waals surface area contributed by atoms with E-state index in [-0.39, 0.29) is 17.2 Å². The smallest absolute Gasteiger partial charge is 0.261 e. The summed E-state index contributed by atoms with van der Waals surface area (Å²) in [5.74, 6) is 0. The minimum Gasteiger partial charge on any atom is -0.407 e. The van der Waals surface area contributed by atoms with Crippen LogP contribution in [0.3, 0.4) is 0 Å². The number of benzene rings is 3. The fourth-order valence-electron chi connectivity index (χ4n) is 5.47. The summed E-state index contributed by atoms with van der Waals surface area (Å²) in [5.41, 5.74) is 2.62. The van der Waals surface area contributed by atoms with Crippen LogP contribution in [-0.4, -0.2) is 27.1 Å². The third kappa shape index (κ3) is 6.03. The molecule has 1 saturated heterocycles. The summed E-state index contributed by atoms with van der Waals surface area (Å²) in [6.07, 6.45) is 5.47. The number of ether oxygens (including phenoxy) is 1. The van der Waals surface area contributed by atoms with Gasteiger partial charge in [-0.25, -0.2) is 0 Å². The van der Waals surface area contributed by atoms with Gasteiger partial charge in [0.25, 0.3) is 8.32 Å². The number of rotatable bonds is 10. The van der Waals surface area contributed by atoms with Crippen LogP contribution in [0.4, 0.5) is 0 Å². The van der Waals surface area contributed by atoms with Crippen LogP contribution in [0.25, 0.3) is 0 Å². The first-order chi connectivity index (χ1) is 16.9. The van der Waals surface area contributed by atoms with E-state index in [1.54, 1.807) is 0 Å². The van der Waals surface area contributed by atoms with E-state index < -0.39 is 8.32 Å². The van der Waals surface area contributed by atoms with Gasteiger partial charge in [-0.3, -0.25) is 0 Å². The number of hydrogen-bond donors (Lipinski definition) is 0. The Hall–Kier alpha value is -2.46. The highest BCUT2D eigenvalue weighted by molar-refractivity contribution is 6.99. The third-order valence-corrected chi connectivity index (χ3v) is 12.3. The molecule has 0 radical (unpaired) electrons. The van der Waals surface area contributed by atoms with E-state index in [1.807, 2.05) is 0 Å².